The number of aromatic nitrogens is 1. The second kappa shape index (κ2) is 4.52. The van der Waals surface area contributed by atoms with E-state index in [4.69, 9.17) is 5.21 Å². The third-order valence-electron chi connectivity index (χ3n) is 2.27. The Morgan fingerprint density at radius 2 is 2.00 bits per heavy atom. The van der Waals surface area contributed by atoms with Gasteiger partial charge in [-0.15, -0.1) is 0 Å². The van der Waals surface area contributed by atoms with Crippen LogP contribution < -0.4 is 0 Å². The number of hydrogen-bond donors (Lipinski definition) is 3. The van der Waals surface area contributed by atoms with Crippen LogP contribution in [-0.2, 0) is 0 Å². The van der Waals surface area contributed by atoms with Gasteiger partial charge in [0, 0.05) is 29.6 Å². The number of aromatic hydroxyl groups is 2. The van der Waals surface area contributed by atoms with Crippen molar-refractivity contribution in [3.05, 3.63) is 53.9 Å². The van der Waals surface area contributed by atoms with Crippen molar-refractivity contribution >= 4 is 5.71 Å². The average molecular weight is 230 g/mol. The van der Waals surface area contributed by atoms with Crippen molar-refractivity contribution in [2.45, 2.75) is 0 Å². The van der Waals surface area contributed by atoms with Crippen molar-refractivity contribution in [3.63, 3.8) is 0 Å². The van der Waals surface area contributed by atoms with Gasteiger partial charge in [-0.3, -0.25) is 4.98 Å². The highest BCUT2D eigenvalue weighted by Gasteiger charge is 2.12. The smallest absolute Gasteiger partial charge is 0.128 e. The first-order valence-electron chi connectivity index (χ1n) is 4.87. The highest BCUT2D eigenvalue weighted by molar-refractivity contribution is 6.14. The third-order valence-corrected chi connectivity index (χ3v) is 2.27. The first-order chi connectivity index (χ1) is 8.22. The molecule has 5 heteroatoms. The summed E-state index contributed by atoms with van der Waals surface area (Å²) in [5.41, 5.74) is 1.07. The molecule has 0 aliphatic carbocycles. The van der Waals surface area contributed by atoms with E-state index in [9.17, 15) is 10.2 Å². The van der Waals surface area contributed by atoms with Crippen molar-refractivity contribution in [2.24, 2.45) is 5.16 Å². The minimum absolute atomic E-state index is 0.0604. The van der Waals surface area contributed by atoms with E-state index in [0.717, 1.165) is 0 Å². The van der Waals surface area contributed by atoms with Gasteiger partial charge >= 0.3 is 0 Å². The van der Waals surface area contributed by atoms with Gasteiger partial charge in [0.25, 0.3) is 0 Å². The van der Waals surface area contributed by atoms with Gasteiger partial charge < -0.3 is 15.4 Å². The third kappa shape index (κ3) is 2.17. The summed E-state index contributed by atoms with van der Waals surface area (Å²) in [5, 5.41) is 31.0. The molecule has 5 nitrogen and oxygen atoms in total. The van der Waals surface area contributed by atoms with Crippen molar-refractivity contribution in [1.82, 2.24) is 4.98 Å². The maximum Gasteiger partial charge on any atom is 0.128 e. The molecule has 1 heterocycles. The number of phenols is 2. The van der Waals surface area contributed by atoms with Crippen molar-refractivity contribution < 1.29 is 15.4 Å². The van der Waals surface area contributed by atoms with E-state index in [1.54, 1.807) is 18.3 Å². The first kappa shape index (κ1) is 10.9. The summed E-state index contributed by atoms with van der Waals surface area (Å²) in [6.07, 6.45) is 3.11. The maximum absolute atomic E-state index is 9.68. The Kier molecular flexibility index (Phi) is 2.91. The summed E-state index contributed by atoms with van der Waals surface area (Å²) in [6.45, 7) is 0. The van der Waals surface area contributed by atoms with E-state index < -0.39 is 0 Å². The molecule has 0 radical (unpaired) electrons. The predicted octanol–water partition coefficient (Wildman–Crippen LogP) is 1.72. The van der Waals surface area contributed by atoms with Gasteiger partial charge in [0.15, 0.2) is 0 Å². The van der Waals surface area contributed by atoms with Gasteiger partial charge in [-0.25, -0.2) is 0 Å². The van der Waals surface area contributed by atoms with E-state index in [0.29, 0.717) is 11.1 Å². The number of pyridine rings is 1. The Balaban J connectivity index is 2.51. The zero-order valence-electron chi connectivity index (χ0n) is 8.78. The van der Waals surface area contributed by atoms with Gasteiger partial charge in [-0.05, 0) is 24.3 Å². The number of phenolic OH excluding ortho intramolecular Hbond substituents is 2. The molecule has 2 aromatic rings. The number of nitrogens with zero attached hydrogens (tertiary/aromatic N) is 2. The Morgan fingerprint density at radius 1 is 1.18 bits per heavy atom. The quantitative estimate of drug-likeness (QED) is 0.416. The van der Waals surface area contributed by atoms with Crippen LogP contribution in [0.2, 0.25) is 0 Å². The van der Waals surface area contributed by atoms with E-state index in [1.165, 1.54) is 24.4 Å². The molecule has 17 heavy (non-hydrogen) atoms. The Hall–Kier alpha value is -2.56. The topological polar surface area (TPSA) is 85.9 Å². The number of rotatable bonds is 2. The van der Waals surface area contributed by atoms with Crippen LogP contribution in [0.5, 0.6) is 11.5 Å². The first-order valence-corrected chi connectivity index (χ1v) is 4.87. The molecule has 0 saturated heterocycles. The van der Waals surface area contributed by atoms with Crippen molar-refractivity contribution in [2.75, 3.05) is 0 Å². The number of hydrogen-bond acceptors (Lipinski definition) is 5. The lowest BCUT2D eigenvalue weighted by molar-refractivity contribution is 0.319. The van der Waals surface area contributed by atoms with E-state index in [1.807, 2.05) is 0 Å². The average Bonchev–Trinajstić information content (AvgIpc) is 2.34. The molecule has 0 fully saturated rings. The predicted molar refractivity (Wildman–Crippen MR) is 61.4 cm³/mol. The van der Waals surface area contributed by atoms with Gasteiger partial charge in [0.1, 0.15) is 17.2 Å². The zero-order valence-corrected chi connectivity index (χ0v) is 8.78. The molecule has 0 unspecified atom stereocenters. The van der Waals surface area contributed by atoms with Crippen LogP contribution in [0, 0.1) is 0 Å². The van der Waals surface area contributed by atoms with Crippen LogP contribution in [0.15, 0.2) is 47.9 Å². The second-order valence-electron chi connectivity index (χ2n) is 3.39. The minimum atomic E-state index is -0.165. The lowest BCUT2D eigenvalue weighted by Crippen LogP contribution is -2.03. The molecule has 0 spiro atoms. The molecule has 0 bridgehead atoms. The van der Waals surface area contributed by atoms with Crippen LogP contribution in [0.4, 0.5) is 0 Å². The van der Waals surface area contributed by atoms with Crippen LogP contribution in [0.25, 0.3) is 0 Å². The zero-order chi connectivity index (χ0) is 12.3. The largest absolute Gasteiger partial charge is 0.508 e. The summed E-state index contributed by atoms with van der Waals surface area (Å²) >= 11 is 0. The van der Waals surface area contributed by atoms with Crippen LogP contribution in [0.1, 0.15) is 11.1 Å². The summed E-state index contributed by atoms with van der Waals surface area (Å²) in [5.74, 6) is -0.226. The number of oxime groups is 1. The molecule has 0 aliphatic rings. The summed E-state index contributed by atoms with van der Waals surface area (Å²) < 4.78 is 0. The van der Waals surface area contributed by atoms with E-state index in [2.05, 4.69) is 10.1 Å². The summed E-state index contributed by atoms with van der Waals surface area (Å²) in [4.78, 5) is 3.90. The lowest BCUT2D eigenvalue weighted by atomic mass is 10.0. The van der Waals surface area contributed by atoms with E-state index in [-0.39, 0.29) is 17.2 Å². The Labute approximate surface area is 97.3 Å². The fraction of sp³-hybridized carbons (Fsp3) is 0. The van der Waals surface area contributed by atoms with Crippen LogP contribution in [-0.4, -0.2) is 26.1 Å². The highest BCUT2D eigenvalue weighted by Crippen LogP contribution is 2.25. The van der Waals surface area contributed by atoms with Crippen molar-refractivity contribution in [3.8, 4) is 11.5 Å². The highest BCUT2D eigenvalue weighted by atomic mass is 16.4. The molecular formula is C12H10N2O3. The standard InChI is InChI=1S/C12H10N2O3/c15-9-3-4-10(11(16)6-9)12(14-17)8-2-1-5-13-7-8/h1-7,15-17H/b14-12+. The molecular weight excluding hydrogens is 220 g/mol. The summed E-state index contributed by atoms with van der Waals surface area (Å²) in [6, 6.07) is 7.44. The van der Waals surface area contributed by atoms with Gasteiger partial charge in [-0.1, -0.05) is 5.16 Å². The minimum Gasteiger partial charge on any atom is -0.508 e. The SMILES string of the molecule is O/N=C(\c1cccnc1)c1ccc(O)cc1O. The molecule has 1 aromatic heterocycles. The molecule has 0 amide bonds. The van der Waals surface area contributed by atoms with Crippen LogP contribution in [0.3, 0.4) is 0 Å². The fourth-order valence-electron chi connectivity index (χ4n) is 1.49. The molecule has 86 valence electrons. The Morgan fingerprint density at radius 3 is 2.59 bits per heavy atom. The normalized spacial score (nSPS) is 11.4. The molecule has 0 saturated carbocycles. The van der Waals surface area contributed by atoms with E-state index >= 15 is 0 Å². The molecule has 3 N–H and O–H groups in total. The molecule has 1 aromatic carbocycles. The number of benzene rings is 1. The molecule has 2 rings (SSSR count). The van der Waals surface area contributed by atoms with Gasteiger partial charge in [-0.2, -0.15) is 0 Å². The second-order valence-corrected chi connectivity index (χ2v) is 3.39. The van der Waals surface area contributed by atoms with Gasteiger partial charge in [0.2, 0.25) is 0 Å². The monoisotopic (exact) mass is 230 g/mol. The van der Waals surface area contributed by atoms with Crippen LogP contribution >= 0.6 is 0 Å². The summed E-state index contributed by atoms with van der Waals surface area (Å²) in [7, 11) is 0. The maximum atomic E-state index is 9.68. The Bertz CT molecular complexity index is 553. The molecule has 0 aliphatic heterocycles. The fourth-order valence-corrected chi connectivity index (χ4v) is 1.49. The lowest BCUT2D eigenvalue weighted by Gasteiger charge is -2.06. The van der Waals surface area contributed by atoms with Crippen molar-refractivity contribution in [1.29, 1.82) is 0 Å². The molecule has 0 atom stereocenters. The van der Waals surface area contributed by atoms with Gasteiger partial charge in [0.05, 0.1) is 0 Å².